The largest absolute Gasteiger partial charge is 0.298 e. The van der Waals surface area contributed by atoms with Crippen LogP contribution in [0, 0.1) is 19.7 Å². The lowest BCUT2D eigenvalue weighted by Gasteiger charge is -2.38. The zero-order valence-electron chi connectivity index (χ0n) is 17.0. The number of benzene rings is 2. The maximum Gasteiger partial charge on any atom is 0.259 e. The van der Waals surface area contributed by atoms with Crippen molar-refractivity contribution in [1.29, 1.82) is 0 Å². The van der Waals surface area contributed by atoms with Crippen LogP contribution in [0.1, 0.15) is 29.3 Å². The number of aromatic nitrogens is 2. The van der Waals surface area contributed by atoms with E-state index in [0.29, 0.717) is 32.3 Å². The number of nitrogens with zero attached hydrogens (tertiary/aromatic N) is 4. The fourth-order valence-corrected chi connectivity index (χ4v) is 3.80. The minimum Gasteiger partial charge on any atom is -0.298 e. The molecule has 3 aromatic rings. The van der Waals surface area contributed by atoms with Crippen LogP contribution in [0.2, 0.25) is 0 Å². The van der Waals surface area contributed by atoms with Crippen LogP contribution in [-0.4, -0.2) is 21.1 Å². The van der Waals surface area contributed by atoms with E-state index in [0.717, 1.165) is 16.9 Å². The molecule has 5 nitrogen and oxygen atoms in total. The molecule has 0 saturated carbocycles. The zero-order chi connectivity index (χ0) is 20.5. The summed E-state index contributed by atoms with van der Waals surface area (Å²) in [5.41, 5.74) is 4.70. The van der Waals surface area contributed by atoms with Gasteiger partial charge in [-0.2, -0.15) is 0 Å². The van der Waals surface area contributed by atoms with Gasteiger partial charge < -0.3 is 0 Å². The van der Waals surface area contributed by atoms with Crippen molar-refractivity contribution in [3.63, 3.8) is 0 Å². The molecular formula is C23H25FN4O. The third-order valence-corrected chi connectivity index (χ3v) is 5.39. The molecule has 1 aromatic heterocycles. The Hall–Kier alpha value is -2.99. The summed E-state index contributed by atoms with van der Waals surface area (Å²) < 4.78 is 15.2. The van der Waals surface area contributed by atoms with Crippen LogP contribution < -0.4 is 10.5 Å². The standard InChI is InChI=1S/C23H25FN4O/c1-4-21-17(3)25-23-27(20-11-9-19(24)10-12-20)14-26(15-28(23)22(21)29)13-18-7-5-16(2)6-8-18/h5-12H,4,13-15H2,1-3H3. The Morgan fingerprint density at radius 2 is 1.69 bits per heavy atom. The molecule has 6 heteroatoms. The molecule has 2 aromatic carbocycles. The number of hydrogen-bond acceptors (Lipinski definition) is 4. The van der Waals surface area contributed by atoms with Gasteiger partial charge in [-0.05, 0) is 50.1 Å². The molecular weight excluding hydrogens is 367 g/mol. The van der Waals surface area contributed by atoms with Crippen LogP contribution in [-0.2, 0) is 19.6 Å². The summed E-state index contributed by atoms with van der Waals surface area (Å²) in [6, 6.07) is 14.7. The highest BCUT2D eigenvalue weighted by molar-refractivity contribution is 5.58. The highest BCUT2D eigenvalue weighted by Gasteiger charge is 2.27. The maximum atomic E-state index is 13.5. The van der Waals surface area contributed by atoms with Crippen molar-refractivity contribution in [2.45, 2.75) is 40.4 Å². The van der Waals surface area contributed by atoms with E-state index in [2.05, 4.69) is 36.1 Å². The normalized spacial score (nSPS) is 14.1. The molecule has 29 heavy (non-hydrogen) atoms. The summed E-state index contributed by atoms with van der Waals surface area (Å²) in [7, 11) is 0. The second-order valence-corrected chi connectivity index (χ2v) is 7.56. The van der Waals surface area contributed by atoms with Gasteiger partial charge in [0.15, 0.2) is 0 Å². The van der Waals surface area contributed by atoms with Gasteiger partial charge in [0.25, 0.3) is 5.56 Å². The average molecular weight is 392 g/mol. The second kappa shape index (κ2) is 7.79. The smallest absolute Gasteiger partial charge is 0.259 e. The van der Waals surface area contributed by atoms with Gasteiger partial charge in [0.1, 0.15) is 5.82 Å². The molecule has 1 aliphatic rings. The van der Waals surface area contributed by atoms with Crippen LogP contribution in [0.4, 0.5) is 16.0 Å². The Morgan fingerprint density at radius 1 is 1.00 bits per heavy atom. The number of rotatable bonds is 4. The quantitative estimate of drug-likeness (QED) is 0.669. The van der Waals surface area contributed by atoms with Crippen molar-refractivity contribution >= 4 is 11.6 Å². The maximum absolute atomic E-state index is 13.5. The molecule has 0 unspecified atom stereocenters. The SMILES string of the molecule is CCc1c(C)nc2n(c1=O)CN(Cc1ccc(C)cc1)CN2c1ccc(F)cc1. The van der Waals surface area contributed by atoms with E-state index in [4.69, 9.17) is 4.98 Å². The summed E-state index contributed by atoms with van der Waals surface area (Å²) >= 11 is 0. The van der Waals surface area contributed by atoms with Crippen LogP contribution in [0.3, 0.4) is 0 Å². The molecule has 4 rings (SSSR count). The van der Waals surface area contributed by atoms with E-state index >= 15 is 0 Å². The molecule has 0 saturated heterocycles. The van der Waals surface area contributed by atoms with Gasteiger partial charge in [-0.15, -0.1) is 0 Å². The first-order valence-corrected chi connectivity index (χ1v) is 9.87. The zero-order valence-corrected chi connectivity index (χ0v) is 17.0. The lowest BCUT2D eigenvalue weighted by molar-refractivity contribution is 0.189. The highest BCUT2D eigenvalue weighted by Crippen LogP contribution is 2.28. The van der Waals surface area contributed by atoms with Gasteiger partial charge >= 0.3 is 0 Å². The molecule has 0 atom stereocenters. The Morgan fingerprint density at radius 3 is 2.34 bits per heavy atom. The van der Waals surface area contributed by atoms with Gasteiger partial charge in [-0.1, -0.05) is 36.8 Å². The number of anilines is 2. The predicted octanol–water partition coefficient (Wildman–Crippen LogP) is 4.13. The van der Waals surface area contributed by atoms with Gasteiger partial charge in [-0.25, -0.2) is 9.37 Å². The third kappa shape index (κ3) is 3.80. The lowest BCUT2D eigenvalue weighted by Crippen LogP contribution is -2.47. The highest BCUT2D eigenvalue weighted by atomic mass is 19.1. The monoisotopic (exact) mass is 392 g/mol. The summed E-state index contributed by atoms with van der Waals surface area (Å²) in [5, 5.41) is 0. The molecule has 0 aliphatic carbocycles. The topological polar surface area (TPSA) is 41.4 Å². The summed E-state index contributed by atoms with van der Waals surface area (Å²) in [6.07, 6.45) is 0.645. The van der Waals surface area contributed by atoms with E-state index in [9.17, 15) is 9.18 Å². The van der Waals surface area contributed by atoms with Crippen LogP contribution in [0.15, 0.2) is 53.3 Å². The van der Waals surface area contributed by atoms with Crippen LogP contribution in [0.5, 0.6) is 0 Å². The van der Waals surface area contributed by atoms with Crippen molar-refractivity contribution in [1.82, 2.24) is 14.5 Å². The summed E-state index contributed by atoms with van der Waals surface area (Å²) in [5.74, 6) is 0.321. The van der Waals surface area contributed by atoms with E-state index < -0.39 is 0 Å². The fourth-order valence-electron chi connectivity index (χ4n) is 3.80. The van der Waals surface area contributed by atoms with Crippen molar-refractivity contribution in [2.75, 3.05) is 11.6 Å². The minimum atomic E-state index is -0.287. The Labute approximate surface area is 170 Å². The van der Waals surface area contributed by atoms with E-state index in [1.165, 1.54) is 23.3 Å². The van der Waals surface area contributed by atoms with E-state index in [1.807, 2.05) is 18.7 Å². The van der Waals surface area contributed by atoms with Crippen LogP contribution in [0.25, 0.3) is 0 Å². The summed E-state index contributed by atoms with van der Waals surface area (Å²) in [6.45, 7) is 7.67. The fraction of sp³-hybridized carbons (Fsp3) is 0.304. The first-order chi connectivity index (χ1) is 14.0. The molecule has 0 fully saturated rings. The summed E-state index contributed by atoms with van der Waals surface area (Å²) in [4.78, 5) is 22.1. The van der Waals surface area contributed by atoms with Crippen molar-refractivity contribution < 1.29 is 4.39 Å². The van der Waals surface area contributed by atoms with Gasteiger partial charge in [0.05, 0.1) is 13.3 Å². The van der Waals surface area contributed by atoms with E-state index in [-0.39, 0.29) is 11.4 Å². The number of halogens is 1. The van der Waals surface area contributed by atoms with Crippen molar-refractivity contribution in [3.05, 3.63) is 87.1 Å². The van der Waals surface area contributed by atoms with Crippen LogP contribution >= 0.6 is 0 Å². The number of fused-ring (bicyclic) bond motifs is 1. The molecule has 1 aliphatic heterocycles. The van der Waals surface area contributed by atoms with Gasteiger partial charge in [0.2, 0.25) is 5.95 Å². The molecule has 0 amide bonds. The number of aryl methyl sites for hydroxylation is 2. The molecule has 0 radical (unpaired) electrons. The third-order valence-electron chi connectivity index (χ3n) is 5.39. The first kappa shape index (κ1) is 19.3. The molecule has 0 spiro atoms. The first-order valence-electron chi connectivity index (χ1n) is 9.87. The number of hydrogen-bond donors (Lipinski definition) is 0. The lowest BCUT2D eigenvalue weighted by atomic mass is 10.1. The Bertz CT molecular complexity index is 1070. The minimum absolute atomic E-state index is 0.00396. The average Bonchev–Trinajstić information content (AvgIpc) is 2.71. The van der Waals surface area contributed by atoms with Crippen molar-refractivity contribution in [3.8, 4) is 0 Å². The second-order valence-electron chi connectivity index (χ2n) is 7.56. The van der Waals surface area contributed by atoms with Crippen molar-refractivity contribution in [2.24, 2.45) is 0 Å². The Kier molecular flexibility index (Phi) is 5.20. The van der Waals surface area contributed by atoms with Gasteiger partial charge in [0, 0.05) is 23.5 Å². The molecule has 150 valence electrons. The molecule has 2 heterocycles. The molecule has 0 N–H and O–H groups in total. The molecule has 0 bridgehead atoms. The predicted molar refractivity (Wildman–Crippen MR) is 113 cm³/mol. The Balaban J connectivity index is 1.77. The van der Waals surface area contributed by atoms with Gasteiger partial charge in [-0.3, -0.25) is 19.2 Å². The van der Waals surface area contributed by atoms with E-state index in [1.54, 1.807) is 16.7 Å².